The molecule has 1 saturated heterocycles. The minimum absolute atomic E-state index is 0.0909. The molecule has 8 nitrogen and oxygen atoms in total. The summed E-state index contributed by atoms with van der Waals surface area (Å²) in [5, 5.41) is 2.53. The summed E-state index contributed by atoms with van der Waals surface area (Å²) in [5.41, 5.74) is 1.25. The van der Waals surface area contributed by atoms with Crippen molar-refractivity contribution in [1.82, 2.24) is 5.32 Å². The predicted octanol–water partition coefficient (Wildman–Crippen LogP) is 2.02. The lowest BCUT2D eigenvalue weighted by atomic mass is 10.1. The van der Waals surface area contributed by atoms with Crippen LogP contribution in [0.3, 0.4) is 0 Å². The van der Waals surface area contributed by atoms with Gasteiger partial charge in [-0.3, -0.25) is 4.18 Å². The van der Waals surface area contributed by atoms with Gasteiger partial charge in [-0.25, -0.2) is 13.2 Å². The first kappa shape index (κ1) is 22.3. The van der Waals surface area contributed by atoms with Gasteiger partial charge in [-0.1, -0.05) is 60.7 Å². The summed E-state index contributed by atoms with van der Waals surface area (Å²) in [7, 11) is -7.30. The molecule has 2 aromatic carbocycles. The number of carbonyl (C=O) groups is 1. The molecule has 1 fully saturated rings. The molecule has 162 valence electrons. The molecule has 3 rings (SSSR count). The van der Waals surface area contributed by atoms with E-state index in [2.05, 4.69) is 5.32 Å². The number of carbonyl (C=O) groups excluding carboxylic acids is 1. The topological polar surface area (TPSA) is 116 Å². The number of benzene rings is 2. The van der Waals surface area contributed by atoms with Crippen molar-refractivity contribution in [1.29, 1.82) is 0 Å². The Bertz CT molecular complexity index is 969. The minimum atomic E-state index is -3.88. The van der Waals surface area contributed by atoms with Crippen molar-refractivity contribution >= 4 is 26.0 Å². The molecule has 10 heteroatoms. The Labute approximate surface area is 176 Å². The Morgan fingerprint density at radius 1 is 0.867 bits per heavy atom. The standard InChI is InChI=1S/C20H23NO7S2/c22-20-21-18(11-12-29(23,24)14-16-7-3-1-4-8-16)19(28-20)13-27-30(25,26)15-17-9-5-2-6-10-17/h1-10,18-19H,11-15H2,(H,21,22)/t18-,19-/m1/s1. The van der Waals surface area contributed by atoms with Crippen molar-refractivity contribution < 1.29 is 30.6 Å². The molecule has 0 bridgehead atoms. The first-order valence-electron chi connectivity index (χ1n) is 9.35. The normalized spacial score (nSPS) is 19.3. The zero-order valence-electron chi connectivity index (χ0n) is 16.1. The molecule has 2 atom stereocenters. The molecular formula is C20H23NO7S2. The maximum atomic E-state index is 12.4. The number of amides is 1. The molecule has 1 aliphatic rings. The van der Waals surface area contributed by atoms with Crippen LogP contribution in [0, 0.1) is 0 Å². The monoisotopic (exact) mass is 453 g/mol. The first-order chi connectivity index (χ1) is 14.2. The summed E-state index contributed by atoms with van der Waals surface area (Å²) in [6.45, 7) is -0.378. The second-order valence-electron chi connectivity index (χ2n) is 7.03. The quantitative estimate of drug-likeness (QED) is 0.547. The highest BCUT2D eigenvalue weighted by Crippen LogP contribution is 2.17. The Morgan fingerprint density at radius 3 is 2.03 bits per heavy atom. The fraction of sp³-hybridized carbons (Fsp3) is 0.350. The van der Waals surface area contributed by atoms with E-state index in [0.717, 1.165) is 0 Å². The number of ether oxygens (including phenoxy) is 1. The summed E-state index contributed by atoms with van der Waals surface area (Å²) in [6, 6.07) is 16.7. The Kier molecular flexibility index (Phi) is 7.11. The summed E-state index contributed by atoms with van der Waals surface area (Å²) in [5.74, 6) is -0.594. The van der Waals surface area contributed by atoms with E-state index in [0.29, 0.717) is 11.1 Å². The fourth-order valence-corrected chi connectivity index (χ4v) is 5.59. The van der Waals surface area contributed by atoms with Crippen LogP contribution in [-0.4, -0.2) is 47.4 Å². The average molecular weight is 454 g/mol. The third-order valence-electron chi connectivity index (χ3n) is 4.58. The van der Waals surface area contributed by atoms with Crippen LogP contribution in [0.2, 0.25) is 0 Å². The zero-order valence-corrected chi connectivity index (χ0v) is 17.8. The lowest BCUT2D eigenvalue weighted by Gasteiger charge is -2.17. The van der Waals surface area contributed by atoms with Crippen LogP contribution in [0.4, 0.5) is 4.79 Å². The molecule has 2 aromatic rings. The van der Waals surface area contributed by atoms with E-state index in [1.807, 2.05) is 0 Å². The van der Waals surface area contributed by atoms with Gasteiger partial charge in [0, 0.05) is 0 Å². The van der Waals surface area contributed by atoms with Gasteiger partial charge < -0.3 is 10.1 Å². The second-order valence-corrected chi connectivity index (χ2v) is 10.9. The largest absolute Gasteiger partial charge is 0.442 e. The summed E-state index contributed by atoms with van der Waals surface area (Å²) in [6.07, 6.45) is -1.53. The van der Waals surface area contributed by atoms with E-state index >= 15 is 0 Å². The van der Waals surface area contributed by atoms with Gasteiger partial charge in [0.15, 0.2) is 9.84 Å². The summed E-state index contributed by atoms with van der Waals surface area (Å²) in [4.78, 5) is 11.6. The number of rotatable bonds is 10. The molecule has 0 spiro atoms. The maximum absolute atomic E-state index is 12.4. The van der Waals surface area contributed by atoms with Crippen LogP contribution in [0.1, 0.15) is 17.5 Å². The predicted molar refractivity (Wildman–Crippen MR) is 111 cm³/mol. The molecule has 0 unspecified atom stereocenters. The van der Waals surface area contributed by atoms with E-state index in [4.69, 9.17) is 8.92 Å². The molecule has 30 heavy (non-hydrogen) atoms. The Balaban J connectivity index is 1.54. The van der Waals surface area contributed by atoms with Gasteiger partial charge in [0.1, 0.15) is 18.5 Å². The van der Waals surface area contributed by atoms with Crippen LogP contribution >= 0.6 is 0 Å². The number of sulfone groups is 1. The molecule has 0 aromatic heterocycles. The van der Waals surface area contributed by atoms with Crippen molar-refractivity contribution in [3.63, 3.8) is 0 Å². The van der Waals surface area contributed by atoms with E-state index in [1.165, 1.54) is 0 Å². The van der Waals surface area contributed by atoms with Gasteiger partial charge in [-0.05, 0) is 17.5 Å². The third kappa shape index (κ3) is 6.82. The molecule has 0 aliphatic carbocycles. The third-order valence-corrected chi connectivity index (χ3v) is 7.39. The Hall–Kier alpha value is -2.43. The van der Waals surface area contributed by atoms with Crippen molar-refractivity contribution in [3.05, 3.63) is 71.8 Å². The molecule has 1 heterocycles. The maximum Gasteiger partial charge on any atom is 0.407 e. The number of hydrogen-bond acceptors (Lipinski definition) is 7. The van der Waals surface area contributed by atoms with E-state index in [-0.39, 0.29) is 30.3 Å². The molecule has 1 amide bonds. The molecular weight excluding hydrogens is 430 g/mol. The van der Waals surface area contributed by atoms with Gasteiger partial charge in [-0.15, -0.1) is 0 Å². The number of cyclic esters (lactones) is 1. The highest BCUT2D eigenvalue weighted by molar-refractivity contribution is 7.90. The highest BCUT2D eigenvalue weighted by atomic mass is 32.2. The second kappa shape index (κ2) is 9.59. The first-order valence-corrected chi connectivity index (χ1v) is 12.7. The van der Waals surface area contributed by atoms with Crippen LogP contribution in [-0.2, 0) is 40.4 Å². The average Bonchev–Trinajstić information content (AvgIpc) is 3.06. The molecule has 0 radical (unpaired) electrons. The number of nitrogens with one attached hydrogen (secondary N) is 1. The molecule has 1 N–H and O–H groups in total. The molecule has 1 aliphatic heterocycles. The number of hydrogen-bond donors (Lipinski definition) is 1. The minimum Gasteiger partial charge on any atom is -0.442 e. The van der Waals surface area contributed by atoms with Gasteiger partial charge in [0.2, 0.25) is 0 Å². The van der Waals surface area contributed by atoms with Crippen molar-refractivity contribution in [2.45, 2.75) is 30.1 Å². The van der Waals surface area contributed by atoms with Gasteiger partial charge in [-0.2, -0.15) is 8.42 Å². The lowest BCUT2D eigenvalue weighted by Crippen LogP contribution is -2.36. The van der Waals surface area contributed by atoms with E-state index in [9.17, 15) is 21.6 Å². The van der Waals surface area contributed by atoms with Crippen LogP contribution < -0.4 is 5.32 Å². The fourth-order valence-electron chi connectivity index (χ4n) is 3.10. The smallest absolute Gasteiger partial charge is 0.407 e. The van der Waals surface area contributed by atoms with Crippen molar-refractivity contribution in [2.75, 3.05) is 12.4 Å². The van der Waals surface area contributed by atoms with E-state index < -0.39 is 38.2 Å². The van der Waals surface area contributed by atoms with Crippen molar-refractivity contribution in [3.8, 4) is 0 Å². The Morgan fingerprint density at radius 2 is 1.43 bits per heavy atom. The summed E-state index contributed by atoms with van der Waals surface area (Å²) >= 11 is 0. The highest BCUT2D eigenvalue weighted by Gasteiger charge is 2.36. The zero-order chi connectivity index (χ0) is 21.6. The van der Waals surface area contributed by atoms with Crippen LogP contribution in [0.25, 0.3) is 0 Å². The van der Waals surface area contributed by atoms with Gasteiger partial charge >= 0.3 is 6.09 Å². The van der Waals surface area contributed by atoms with Gasteiger partial charge in [0.25, 0.3) is 10.1 Å². The van der Waals surface area contributed by atoms with Gasteiger partial charge in [0.05, 0.1) is 17.5 Å². The summed E-state index contributed by atoms with van der Waals surface area (Å²) < 4.78 is 59.2. The van der Waals surface area contributed by atoms with E-state index in [1.54, 1.807) is 60.7 Å². The molecule has 0 saturated carbocycles. The lowest BCUT2D eigenvalue weighted by molar-refractivity contribution is 0.0934. The van der Waals surface area contributed by atoms with Crippen LogP contribution in [0.15, 0.2) is 60.7 Å². The van der Waals surface area contributed by atoms with Crippen LogP contribution in [0.5, 0.6) is 0 Å². The SMILES string of the molecule is O=C1N[C@H](CCS(=O)(=O)Cc2ccccc2)[C@@H](COS(=O)(=O)Cc2ccccc2)O1. The van der Waals surface area contributed by atoms with Crippen molar-refractivity contribution in [2.24, 2.45) is 0 Å². The number of alkyl carbamates (subject to hydrolysis) is 1.